The second-order valence-corrected chi connectivity index (χ2v) is 7.28. The lowest BCUT2D eigenvalue weighted by Crippen LogP contribution is -2.11. The Morgan fingerprint density at radius 2 is 1.67 bits per heavy atom. The minimum absolute atomic E-state index is 0.0497. The molecule has 0 aliphatic carbocycles. The summed E-state index contributed by atoms with van der Waals surface area (Å²) >= 11 is 0. The number of nitrogens with zero attached hydrogens (tertiary/aromatic N) is 1. The number of rotatable bonds is 3. The van der Waals surface area contributed by atoms with Crippen LogP contribution >= 0.6 is 0 Å². The monoisotopic (exact) mass is 363 g/mol. The normalized spacial score (nSPS) is 15.5. The first-order chi connectivity index (χ1) is 12.8. The zero-order valence-corrected chi connectivity index (χ0v) is 15.8. The predicted octanol–water partition coefficient (Wildman–Crippen LogP) is 4.12. The average Bonchev–Trinajstić information content (AvgIpc) is 3.01. The van der Waals surface area contributed by atoms with Crippen LogP contribution in [-0.4, -0.2) is 24.9 Å². The Bertz CT molecular complexity index is 930. The minimum atomic E-state index is -0.498. The predicted molar refractivity (Wildman–Crippen MR) is 104 cm³/mol. The van der Waals surface area contributed by atoms with Gasteiger partial charge in [-0.15, -0.1) is 0 Å². The molecule has 0 atom stereocenters. The van der Waals surface area contributed by atoms with Gasteiger partial charge in [0.15, 0.2) is 5.70 Å². The maximum atomic E-state index is 12.1. The van der Waals surface area contributed by atoms with Crippen molar-refractivity contribution in [2.24, 2.45) is 4.99 Å². The van der Waals surface area contributed by atoms with E-state index < -0.39 is 11.9 Å². The van der Waals surface area contributed by atoms with Crippen molar-refractivity contribution in [3.8, 4) is 0 Å². The SMILES string of the molecule is COC(=O)c1ccc(/C=C2/N=C(c3ccc(C(C)(C)C)cc3)OC2=O)cc1. The van der Waals surface area contributed by atoms with E-state index in [1.54, 1.807) is 30.3 Å². The molecular formula is C22H21NO4. The highest BCUT2D eigenvalue weighted by Gasteiger charge is 2.24. The number of carbonyl (C=O) groups excluding carboxylic acids is 2. The topological polar surface area (TPSA) is 65.0 Å². The summed E-state index contributed by atoms with van der Waals surface area (Å²) in [6, 6.07) is 14.5. The van der Waals surface area contributed by atoms with Gasteiger partial charge in [0.1, 0.15) is 0 Å². The van der Waals surface area contributed by atoms with Crippen molar-refractivity contribution >= 4 is 23.9 Å². The van der Waals surface area contributed by atoms with E-state index in [0.29, 0.717) is 5.56 Å². The summed E-state index contributed by atoms with van der Waals surface area (Å²) in [5.74, 6) is -0.617. The van der Waals surface area contributed by atoms with Gasteiger partial charge in [-0.05, 0) is 46.9 Å². The van der Waals surface area contributed by atoms with Crippen LogP contribution in [0.5, 0.6) is 0 Å². The van der Waals surface area contributed by atoms with E-state index in [2.05, 4.69) is 30.5 Å². The van der Waals surface area contributed by atoms with E-state index in [-0.39, 0.29) is 17.0 Å². The number of benzene rings is 2. The Labute approximate surface area is 158 Å². The summed E-state index contributed by atoms with van der Waals surface area (Å²) in [5, 5.41) is 0. The fourth-order valence-corrected chi connectivity index (χ4v) is 2.64. The molecule has 2 aromatic carbocycles. The van der Waals surface area contributed by atoms with Crippen molar-refractivity contribution in [2.45, 2.75) is 26.2 Å². The quantitative estimate of drug-likeness (QED) is 0.608. The minimum Gasteiger partial charge on any atom is -0.465 e. The largest absolute Gasteiger partial charge is 0.465 e. The summed E-state index contributed by atoms with van der Waals surface area (Å²) in [6.45, 7) is 6.42. The number of carbonyl (C=O) groups is 2. The van der Waals surface area contributed by atoms with Crippen LogP contribution in [0, 0.1) is 0 Å². The summed E-state index contributed by atoms with van der Waals surface area (Å²) in [7, 11) is 1.33. The van der Waals surface area contributed by atoms with E-state index in [9.17, 15) is 9.59 Å². The second-order valence-electron chi connectivity index (χ2n) is 7.28. The molecule has 0 radical (unpaired) electrons. The molecule has 1 aliphatic rings. The summed E-state index contributed by atoms with van der Waals surface area (Å²) < 4.78 is 9.97. The lowest BCUT2D eigenvalue weighted by molar-refractivity contribution is -0.129. The molecule has 0 bridgehead atoms. The molecule has 0 saturated heterocycles. The first-order valence-electron chi connectivity index (χ1n) is 8.60. The molecular weight excluding hydrogens is 342 g/mol. The zero-order valence-electron chi connectivity index (χ0n) is 15.8. The van der Waals surface area contributed by atoms with Gasteiger partial charge in [-0.25, -0.2) is 14.6 Å². The van der Waals surface area contributed by atoms with Gasteiger partial charge in [0, 0.05) is 5.56 Å². The van der Waals surface area contributed by atoms with E-state index >= 15 is 0 Å². The van der Waals surface area contributed by atoms with E-state index in [0.717, 1.165) is 11.1 Å². The molecule has 2 aromatic rings. The third-order valence-corrected chi connectivity index (χ3v) is 4.25. The van der Waals surface area contributed by atoms with E-state index in [4.69, 9.17) is 4.74 Å². The molecule has 27 heavy (non-hydrogen) atoms. The Morgan fingerprint density at radius 1 is 1.04 bits per heavy atom. The van der Waals surface area contributed by atoms with Crippen molar-refractivity contribution in [2.75, 3.05) is 7.11 Å². The number of esters is 2. The first-order valence-corrected chi connectivity index (χ1v) is 8.60. The molecule has 0 amide bonds. The van der Waals surface area contributed by atoms with Gasteiger partial charge in [-0.3, -0.25) is 0 Å². The molecule has 1 heterocycles. The van der Waals surface area contributed by atoms with Crippen molar-refractivity contribution < 1.29 is 19.1 Å². The molecule has 0 fully saturated rings. The number of aliphatic imine (C=N–C) groups is 1. The van der Waals surface area contributed by atoms with Crippen molar-refractivity contribution in [3.05, 3.63) is 76.5 Å². The number of hydrogen-bond acceptors (Lipinski definition) is 5. The Hall–Kier alpha value is -3.21. The van der Waals surface area contributed by atoms with Gasteiger partial charge < -0.3 is 9.47 Å². The maximum Gasteiger partial charge on any atom is 0.363 e. The van der Waals surface area contributed by atoms with Gasteiger partial charge in [0.25, 0.3) is 0 Å². The smallest absolute Gasteiger partial charge is 0.363 e. The fraction of sp³-hybridized carbons (Fsp3) is 0.227. The van der Waals surface area contributed by atoms with Crippen molar-refractivity contribution in [3.63, 3.8) is 0 Å². The summed E-state index contributed by atoms with van der Waals surface area (Å²) in [4.78, 5) is 27.9. The van der Waals surface area contributed by atoms with Gasteiger partial charge in [0.2, 0.25) is 5.90 Å². The Kier molecular flexibility index (Phi) is 4.95. The van der Waals surface area contributed by atoms with Crippen molar-refractivity contribution in [1.29, 1.82) is 0 Å². The fourth-order valence-electron chi connectivity index (χ4n) is 2.64. The Balaban J connectivity index is 1.83. The van der Waals surface area contributed by atoms with Crippen LogP contribution in [0.2, 0.25) is 0 Å². The standard InChI is InChI=1S/C22H21NO4/c1-22(2,3)17-11-9-15(10-12-17)19-23-18(21(25)27-19)13-14-5-7-16(8-6-14)20(24)26-4/h5-13H,1-4H3/b18-13+. The molecule has 0 N–H and O–H groups in total. The third-order valence-electron chi connectivity index (χ3n) is 4.25. The van der Waals surface area contributed by atoms with E-state index in [1.807, 2.05) is 24.3 Å². The van der Waals surface area contributed by atoms with Gasteiger partial charge in [-0.2, -0.15) is 0 Å². The highest BCUT2D eigenvalue weighted by atomic mass is 16.6. The number of hydrogen-bond donors (Lipinski definition) is 0. The van der Waals surface area contributed by atoms with Crippen LogP contribution in [0.4, 0.5) is 0 Å². The summed E-state index contributed by atoms with van der Waals surface area (Å²) in [6.07, 6.45) is 1.62. The first kappa shape index (κ1) is 18.6. The van der Waals surface area contributed by atoms with Gasteiger partial charge in [0.05, 0.1) is 12.7 Å². The highest BCUT2D eigenvalue weighted by Crippen LogP contribution is 2.24. The zero-order chi connectivity index (χ0) is 19.6. The van der Waals surface area contributed by atoms with Crippen LogP contribution in [0.1, 0.15) is 47.8 Å². The molecule has 1 aliphatic heterocycles. The van der Waals surface area contributed by atoms with Gasteiger partial charge in [-0.1, -0.05) is 45.0 Å². The van der Waals surface area contributed by atoms with Crippen molar-refractivity contribution in [1.82, 2.24) is 0 Å². The van der Waals surface area contributed by atoms with Crippen LogP contribution in [-0.2, 0) is 19.7 Å². The molecule has 0 unspecified atom stereocenters. The molecule has 0 aromatic heterocycles. The molecule has 0 saturated carbocycles. The lowest BCUT2D eigenvalue weighted by Gasteiger charge is -2.18. The number of cyclic esters (lactones) is 1. The number of ether oxygens (including phenoxy) is 2. The van der Waals surface area contributed by atoms with Crippen LogP contribution < -0.4 is 0 Å². The summed E-state index contributed by atoms with van der Waals surface area (Å²) in [5.41, 5.74) is 3.39. The highest BCUT2D eigenvalue weighted by molar-refractivity contribution is 6.12. The second kappa shape index (κ2) is 7.19. The maximum absolute atomic E-state index is 12.1. The Morgan fingerprint density at radius 3 is 2.22 bits per heavy atom. The molecule has 0 spiro atoms. The third kappa shape index (κ3) is 4.14. The molecule has 5 nitrogen and oxygen atoms in total. The van der Waals surface area contributed by atoms with Crippen LogP contribution in [0.15, 0.2) is 59.2 Å². The molecule has 3 rings (SSSR count). The van der Waals surface area contributed by atoms with Gasteiger partial charge >= 0.3 is 11.9 Å². The lowest BCUT2D eigenvalue weighted by atomic mass is 9.87. The average molecular weight is 363 g/mol. The van der Waals surface area contributed by atoms with Crippen LogP contribution in [0.3, 0.4) is 0 Å². The molecule has 138 valence electrons. The molecule has 5 heteroatoms. The number of methoxy groups -OCH3 is 1. The van der Waals surface area contributed by atoms with E-state index in [1.165, 1.54) is 12.7 Å². The van der Waals surface area contributed by atoms with Crippen LogP contribution in [0.25, 0.3) is 6.08 Å².